The van der Waals surface area contributed by atoms with E-state index < -0.39 is 11.7 Å². The van der Waals surface area contributed by atoms with E-state index in [4.69, 9.17) is 16.3 Å². The molecule has 1 saturated heterocycles. The van der Waals surface area contributed by atoms with Crippen molar-refractivity contribution in [3.8, 4) is 0 Å². The van der Waals surface area contributed by atoms with E-state index in [1.807, 2.05) is 0 Å². The highest BCUT2D eigenvalue weighted by atomic mass is 35.5. The van der Waals surface area contributed by atoms with Crippen LogP contribution in [0.1, 0.15) is 17.7 Å². The van der Waals surface area contributed by atoms with Gasteiger partial charge in [0.05, 0.1) is 29.3 Å². The van der Waals surface area contributed by atoms with Crippen molar-refractivity contribution in [3.63, 3.8) is 0 Å². The molecule has 1 aromatic carbocycles. The molecule has 1 aromatic heterocycles. The number of nitrogens with zero attached hydrogens (tertiary/aromatic N) is 1. The molecule has 2 aromatic rings. The monoisotopic (exact) mass is 346 g/mol. The number of aromatic amines is 1. The van der Waals surface area contributed by atoms with Crippen molar-refractivity contribution >= 4 is 22.5 Å². The normalized spacial score (nSPS) is 17.0. The molecule has 3 nitrogen and oxygen atoms in total. The minimum absolute atomic E-state index is 0.145. The van der Waals surface area contributed by atoms with Gasteiger partial charge in [0, 0.05) is 24.2 Å². The third kappa shape index (κ3) is 3.82. The predicted molar refractivity (Wildman–Crippen MR) is 83.9 cm³/mol. The molecule has 0 bridgehead atoms. The molecule has 0 saturated carbocycles. The van der Waals surface area contributed by atoms with Gasteiger partial charge in [-0.25, -0.2) is 0 Å². The average Bonchev–Trinajstić information content (AvgIpc) is 2.92. The summed E-state index contributed by atoms with van der Waals surface area (Å²) in [5.74, 6) is 0. The minimum Gasteiger partial charge on any atom is -0.379 e. The molecule has 3 rings (SSSR count). The number of aryl methyl sites for hydroxylation is 1. The van der Waals surface area contributed by atoms with E-state index >= 15 is 0 Å². The van der Waals surface area contributed by atoms with Gasteiger partial charge < -0.3 is 9.72 Å². The zero-order valence-corrected chi connectivity index (χ0v) is 13.3. The Kier molecular flexibility index (Phi) is 4.85. The van der Waals surface area contributed by atoms with Crippen LogP contribution in [0.5, 0.6) is 0 Å². The van der Waals surface area contributed by atoms with Crippen LogP contribution in [0.2, 0.25) is 5.02 Å². The quantitative estimate of drug-likeness (QED) is 0.902. The van der Waals surface area contributed by atoms with Gasteiger partial charge in [-0.2, -0.15) is 13.2 Å². The molecule has 1 aliphatic heterocycles. The Hall–Kier alpha value is -1.24. The molecule has 1 aliphatic rings. The molecule has 0 radical (unpaired) electrons. The maximum atomic E-state index is 13.1. The van der Waals surface area contributed by atoms with Crippen LogP contribution in [0.15, 0.2) is 18.2 Å². The van der Waals surface area contributed by atoms with Crippen LogP contribution in [0.3, 0.4) is 0 Å². The van der Waals surface area contributed by atoms with E-state index in [9.17, 15) is 13.2 Å². The Morgan fingerprint density at radius 3 is 2.65 bits per heavy atom. The summed E-state index contributed by atoms with van der Waals surface area (Å²) in [6.07, 6.45) is -2.80. The molecule has 0 unspecified atom stereocenters. The maximum Gasteiger partial charge on any atom is 0.417 e. The first-order valence-electron chi connectivity index (χ1n) is 7.62. The average molecular weight is 347 g/mol. The first kappa shape index (κ1) is 16.6. The van der Waals surface area contributed by atoms with Gasteiger partial charge in [0.1, 0.15) is 0 Å². The van der Waals surface area contributed by atoms with Crippen LogP contribution >= 0.6 is 11.6 Å². The van der Waals surface area contributed by atoms with Crippen molar-refractivity contribution < 1.29 is 17.9 Å². The van der Waals surface area contributed by atoms with E-state index in [2.05, 4.69) is 9.88 Å². The second-order valence-corrected chi connectivity index (χ2v) is 6.14. The summed E-state index contributed by atoms with van der Waals surface area (Å²) in [6, 6.07) is 3.90. The van der Waals surface area contributed by atoms with Crippen molar-refractivity contribution in [1.29, 1.82) is 0 Å². The molecule has 0 amide bonds. The van der Waals surface area contributed by atoms with Gasteiger partial charge >= 0.3 is 6.18 Å². The number of H-pyrrole nitrogens is 1. The van der Waals surface area contributed by atoms with Crippen LogP contribution in [0, 0.1) is 0 Å². The lowest BCUT2D eigenvalue weighted by atomic mass is 10.1. The van der Waals surface area contributed by atoms with Crippen molar-refractivity contribution in [3.05, 3.63) is 34.5 Å². The lowest BCUT2D eigenvalue weighted by Gasteiger charge is -2.26. The highest BCUT2D eigenvalue weighted by Gasteiger charge is 2.33. The maximum absolute atomic E-state index is 13.1. The number of fused-ring (bicyclic) bond motifs is 1. The van der Waals surface area contributed by atoms with E-state index in [1.165, 1.54) is 6.07 Å². The fraction of sp³-hybridized carbons (Fsp3) is 0.500. The summed E-state index contributed by atoms with van der Waals surface area (Å²) >= 11 is 6.03. The van der Waals surface area contributed by atoms with Crippen LogP contribution in [0.4, 0.5) is 13.2 Å². The molecule has 0 aliphatic carbocycles. The van der Waals surface area contributed by atoms with Gasteiger partial charge in [-0.1, -0.05) is 11.6 Å². The largest absolute Gasteiger partial charge is 0.417 e. The number of benzene rings is 1. The number of hydrogen-bond acceptors (Lipinski definition) is 2. The summed E-state index contributed by atoms with van der Waals surface area (Å²) in [5, 5.41) is 0.457. The van der Waals surface area contributed by atoms with Crippen LogP contribution in [-0.4, -0.2) is 42.7 Å². The Morgan fingerprint density at radius 1 is 1.22 bits per heavy atom. The number of halogens is 4. The second kappa shape index (κ2) is 6.71. The molecule has 2 heterocycles. The number of ether oxygens (including phenoxy) is 1. The minimum atomic E-state index is -4.38. The molecule has 1 N–H and O–H groups in total. The van der Waals surface area contributed by atoms with Gasteiger partial charge in [0.25, 0.3) is 0 Å². The fourth-order valence-corrected chi connectivity index (χ4v) is 3.15. The molecule has 23 heavy (non-hydrogen) atoms. The first-order chi connectivity index (χ1) is 10.9. The highest BCUT2D eigenvalue weighted by Crippen LogP contribution is 2.37. The standard InChI is InChI=1S/C16H18ClF3N2O/c17-14-4-3-13(16(18,19)20)12-10-11(21-15(12)14)2-1-5-22-6-8-23-9-7-22/h3-4,10,21H,1-2,5-9H2. The van der Waals surface area contributed by atoms with Gasteiger partial charge in [0.2, 0.25) is 0 Å². The second-order valence-electron chi connectivity index (χ2n) is 5.73. The van der Waals surface area contributed by atoms with Crippen molar-refractivity contribution in [2.24, 2.45) is 0 Å². The number of morpholine rings is 1. The predicted octanol–water partition coefficient (Wildman–Crippen LogP) is 4.10. The molecule has 126 valence electrons. The number of aromatic nitrogens is 1. The van der Waals surface area contributed by atoms with E-state index in [0.29, 0.717) is 17.0 Å². The Bertz CT molecular complexity index is 678. The Labute approximate surface area is 137 Å². The summed E-state index contributed by atoms with van der Waals surface area (Å²) in [4.78, 5) is 5.34. The summed E-state index contributed by atoms with van der Waals surface area (Å²) in [6.45, 7) is 4.24. The topological polar surface area (TPSA) is 28.3 Å². The number of hydrogen-bond donors (Lipinski definition) is 1. The van der Waals surface area contributed by atoms with Crippen molar-refractivity contribution in [2.45, 2.75) is 19.0 Å². The molecular formula is C16H18ClF3N2O. The highest BCUT2D eigenvalue weighted by molar-refractivity contribution is 6.35. The summed E-state index contributed by atoms with van der Waals surface area (Å²) in [7, 11) is 0. The van der Waals surface area contributed by atoms with Crippen LogP contribution in [-0.2, 0) is 17.3 Å². The van der Waals surface area contributed by atoms with E-state index in [0.717, 1.165) is 51.0 Å². The smallest absolute Gasteiger partial charge is 0.379 e. The van der Waals surface area contributed by atoms with Gasteiger partial charge in [0.15, 0.2) is 0 Å². The Balaban J connectivity index is 1.73. The SMILES string of the molecule is FC(F)(F)c1ccc(Cl)c2[nH]c(CCCN3CCOCC3)cc12. The molecule has 0 spiro atoms. The van der Waals surface area contributed by atoms with Gasteiger partial charge in [-0.15, -0.1) is 0 Å². The lowest BCUT2D eigenvalue weighted by molar-refractivity contribution is -0.136. The summed E-state index contributed by atoms with van der Waals surface area (Å²) < 4.78 is 44.5. The number of nitrogens with one attached hydrogen (secondary N) is 1. The third-order valence-corrected chi connectivity index (χ3v) is 4.44. The molecular weight excluding hydrogens is 329 g/mol. The number of rotatable bonds is 4. The van der Waals surface area contributed by atoms with Gasteiger partial charge in [-0.05, 0) is 37.6 Å². The van der Waals surface area contributed by atoms with Gasteiger partial charge in [-0.3, -0.25) is 4.90 Å². The van der Waals surface area contributed by atoms with Crippen molar-refractivity contribution in [2.75, 3.05) is 32.8 Å². The lowest BCUT2D eigenvalue weighted by Crippen LogP contribution is -2.36. The summed E-state index contributed by atoms with van der Waals surface area (Å²) in [5.41, 5.74) is 0.502. The van der Waals surface area contributed by atoms with Crippen LogP contribution in [0.25, 0.3) is 10.9 Å². The third-order valence-electron chi connectivity index (χ3n) is 4.13. The van der Waals surface area contributed by atoms with E-state index in [-0.39, 0.29) is 5.39 Å². The zero-order valence-electron chi connectivity index (χ0n) is 12.5. The van der Waals surface area contributed by atoms with Crippen molar-refractivity contribution in [1.82, 2.24) is 9.88 Å². The zero-order chi connectivity index (χ0) is 16.4. The fourth-order valence-electron chi connectivity index (χ4n) is 2.94. The molecule has 1 fully saturated rings. The van der Waals surface area contributed by atoms with Crippen LogP contribution < -0.4 is 0 Å². The first-order valence-corrected chi connectivity index (χ1v) is 8.00. The number of alkyl halides is 3. The molecule has 0 atom stereocenters. The molecule has 7 heteroatoms. The van der Waals surface area contributed by atoms with E-state index in [1.54, 1.807) is 6.07 Å². The Morgan fingerprint density at radius 2 is 1.96 bits per heavy atom.